The Morgan fingerprint density at radius 1 is 1.53 bits per heavy atom. The summed E-state index contributed by atoms with van der Waals surface area (Å²) in [6.45, 7) is 5.23. The molecule has 0 unspecified atom stereocenters. The van der Waals surface area contributed by atoms with Crippen LogP contribution in [0.2, 0.25) is 0 Å². The lowest BCUT2D eigenvalue weighted by molar-refractivity contribution is 0.587. The van der Waals surface area contributed by atoms with Gasteiger partial charge in [0, 0.05) is 18.9 Å². The summed E-state index contributed by atoms with van der Waals surface area (Å²) in [7, 11) is 0. The Hall–Kier alpha value is -0.480. The van der Waals surface area contributed by atoms with Crippen molar-refractivity contribution in [2.45, 2.75) is 32.9 Å². The number of aromatic nitrogens is 2. The number of rotatable bonds is 8. The third-order valence-electron chi connectivity index (χ3n) is 2.25. The summed E-state index contributed by atoms with van der Waals surface area (Å²) in [6, 6.07) is 0. The Labute approximate surface area is 96.7 Å². The van der Waals surface area contributed by atoms with E-state index in [2.05, 4.69) is 34.2 Å². The highest BCUT2D eigenvalue weighted by Gasteiger charge is 2.00. The third-order valence-corrected chi connectivity index (χ3v) is 2.95. The van der Waals surface area contributed by atoms with Crippen molar-refractivity contribution in [2.75, 3.05) is 18.6 Å². The van der Waals surface area contributed by atoms with Gasteiger partial charge >= 0.3 is 0 Å². The summed E-state index contributed by atoms with van der Waals surface area (Å²) >= 11 is 1.90. The molecule has 1 rings (SSSR count). The third kappa shape index (κ3) is 4.71. The lowest BCUT2D eigenvalue weighted by Crippen LogP contribution is -2.18. The van der Waals surface area contributed by atoms with Crippen LogP contribution in [-0.4, -0.2) is 28.1 Å². The predicted molar refractivity (Wildman–Crippen MR) is 67.2 cm³/mol. The van der Waals surface area contributed by atoms with Gasteiger partial charge in [0.15, 0.2) is 0 Å². The highest BCUT2D eigenvalue weighted by atomic mass is 32.2. The number of thioether (sulfide) groups is 1. The molecule has 0 radical (unpaired) electrons. The predicted octanol–water partition coefficient (Wildman–Crippen LogP) is 2.14. The largest absolute Gasteiger partial charge is 0.334 e. The van der Waals surface area contributed by atoms with Crippen LogP contribution >= 0.6 is 11.8 Å². The van der Waals surface area contributed by atoms with Crippen molar-refractivity contribution in [2.24, 2.45) is 0 Å². The minimum Gasteiger partial charge on any atom is -0.334 e. The highest BCUT2D eigenvalue weighted by molar-refractivity contribution is 7.98. The van der Waals surface area contributed by atoms with Crippen molar-refractivity contribution in [1.82, 2.24) is 14.9 Å². The zero-order valence-electron chi connectivity index (χ0n) is 9.70. The molecule has 0 bridgehead atoms. The molecule has 4 heteroatoms. The molecule has 0 aliphatic carbocycles. The maximum absolute atomic E-state index is 4.35. The number of nitrogens with one attached hydrogen (secondary N) is 1. The van der Waals surface area contributed by atoms with Gasteiger partial charge in [-0.3, -0.25) is 0 Å². The van der Waals surface area contributed by atoms with Crippen molar-refractivity contribution in [3.8, 4) is 0 Å². The first kappa shape index (κ1) is 12.6. The van der Waals surface area contributed by atoms with E-state index < -0.39 is 0 Å². The van der Waals surface area contributed by atoms with E-state index >= 15 is 0 Å². The fourth-order valence-corrected chi connectivity index (χ4v) is 1.93. The Kier molecular flexibility index (Phi) is 6.52. The fraction of sp³-hybridized carbons (Fsp3) is 0.727. The number of imidazole rings is 1. The van der Waals surface area contributed by atoms with E-state index in [1.165, 1.54) is 12.2 Å². The molecule has 0 aliphatic heterocycles. The van der Waals surface area contributed by atoms with Crippen LogP contribution in [-0.2, 0) is 13.1 Å². The molecule has 86 valence electrons. The van der Waals surface area contributed by atoms with E-state index in [9.17, 15) is 0 Å². The molecule has 0 aliphatic rings. The lowest BCUT2D eigenvalue weighted by atomic mass is 10.4. The smallest absolute Gasteiger partial charge is 0.122 e. The van der Waals surface area contributed by atoms with Gasteiger partial charge in [-0.25, -0.2) is 4.98 Å². The molecule has 0 spiro atoms. The molecular weight excluding hydrogens is 206 g/mol. The van der Waals surface area contributed by atoms with Crippen molar-refractivity contribution in [3.63, 3.8) is 0 Å². The zero-order chi connectivity index (χ0) is 10.9. The molecule has 1 N–H and O–H groups in total. The topological polar surface area (TPSA) is 29.9 Å². The van der Waals surface area contributed by atoms with Crippen LogP contribution in [0.25, 0.3) is 0 Å². The summed E-state index contributed by atoms with van der Waals surface area (Å²) in [6.07, 6.45) is 8.48. The Morgan fingerprint density at radius 2 is 2.40 bits per heavy atom. The van der Waals surface area contributed by atoms with Gasteiger partial charge in [0.05, 0.1) is 6.54 Å². The van der Waals surface area contributed by atoms with E-state index in [1.807, 2.05) is 18.0 Å². The van der Waals surface area contributed by atoms with Crippen molar-refractivity contribution in [3.05, 3.63) is 18.2 Å². The fourth-order valence-electron chi connectivity index (χ4n) is 1.49. The molecule has 0 amide bonds. The molecule has 0 saturated carbocycles. The summed E-state index contributed by atoms with van der Waals surface area (Å²) < 4.78 is 2.22. The van der Waals surface area contributed by atoms with E-state index in [1.54, 1.807) is 0 Å². The SMILES string of the molecule is CCCn1ccnc1CNCCCSC. The maximum atomic E-state index is 4.35. The second-order valence-corrected chi connectivity index (χ2v) is 4.55. The molecule has 15 heavy (non-hydrogen) atoms. The quantitative estimate of drug-likeness (QED) is 0.690. The average Bonchev–Trinajstić information content (AvgIpc) is 2.66. The van der Waals surface area contributed by atoms with Gasteiger partial charge in [0.1, 0.15) is 5.82 Å². The number of aryl methyl sites for hydroxylation is 1. The van der Waals surface area contributed by atoms with E-state index in [4.69, 9.17) is 0 Å². The van der Waals surface area contributed by atoms with Gasteiger partial charge in [0.2, 0.25) is 0 Å². The van der Waals surface area contributed by atoms with Crippen LogP contribution in [0.4, 0.5) is 0 Å². The number of hydrogen-bond acceptors (Lipinski definition) is 3. The second kappa shape index (κ2) is 7.77. The van der Waals surface area contributed by atoms with Gasteiger partial charge < -0.3 is 9.88 Å². The Balaban J connectivity index is 2.21. The summed E-state index contributed by atoms with van der Waals surface area (Å²) in [4.78, 5) is 4.35. The molecule has 3 nitrogen and oxygen atoms in total. The molecule has 0 saturated heterocycles. The van der Waals surface area contributed by atoms with Gasteiger partial charge in [-0.15, -0.1) is 0 Å². The minimum atomic E-state index is 0.890. The Bertz CT molecular complexity index is 260. The van der Waals surface area contributed by atoms with Gasteiger partial charge in [-0.1, -0.05) is 6.92 Å². The van der Waals surface area contributed by atoms with E-state index in [0.29, 0.717) is 0 Å². The lowest BCUT2D eigenvalue weighted by Gasteiger charge is -2.07. The average molecular weight is 227 g/mol. The molecule has 1 aromatic rings. The zero-order valence-corrected chi connectivity index (χ0v) is 10.5. The first-order valence-electron chi connectivity index (χ1n) is 5.58. The van der Waals surface area contributed by atoms with Crippen LogP contribution in [0.1, 0.15) is 25.6 Å². The van der Waals surface area contributed by atoms with Crippen LogP contribution in [0.15, 0.2) is 12.4 Å². The maximum Gasteiger partial charge on any atom is 0.122 e. The number of nitrogens with zero attached hydrogens (tertiary/aromatic N) is 2. The van der Waals surface area contributed by atoms with Crippen LogP contribution in [0, 0.1) is 0 Å². The molecule has 0 atom stereocenters. The van der Waals surface area contributed by atoms with E-state index in [0.717, 1.165) is 31.9 Å². The molecule has 0 fully saturated rings. The highest BCUT2D eigenvalue weighted by Crippen LogP contribution is 1.99. The van der Waals surface area contributed by atoms with Crippen molar-refractivity contribution in [1.29, 1.82) is 0 Å². The van der Waals surface area contributed by atoms with Gasteiger partial charge in [-0.05, 0) is 31.4 Å². The van der Waals surface area contributed by atoms with Crippen molar-refractivity contribution >= 4 is 11.8 Å². The van der Waals surface area contributed by atoms with Crippen LogP contribution in [0.3, 0.4) is 0 Å². The Morgan fingerprint density at radius 3 is 3.13 bits per heavy atom. The summed E-state index contributed by atoms with van der Waals surface area (Å²) in [5.74, 6) is 2.39. The van der Waals surface area contributed by atoms with Gasteiger partial charge in [-0.2, -0.15) is 11.8 Å². The standard InChI is InChI=1S/C11H21N3S/c1-3-7-14-8-6-13-11(14)10-12-5-4-9-15-2/h6,8,12H,3-5,7,9-10H2,1-2H3. The van der Waals surface area contributed by atoms with Gasteiger partial charge in [0.25, 0.3) is 0 Å². The summed E-state index contributed by atoms with van der Waals surface area (Å²) in [5, 5.41) is 3.42. The molecule has 0 aromatic carbocycles. The molecule has 1 heterocycles. The van der Waals surface area contributed by atoms with Crippen LogP contribution < -0.4 is 5.32 Å². The first-order valence-corrected chi connectivity index (χ1v) is 6.97. The van der Waals surface area contributed by atoms with E-state index in [-0.39, 0.29) is 0 Å². The molecular formula is C11H21N3S. The van der Waals surface area contributed by atoms with Crippen molar-refractivity contribution < 1.29 is 0 Å². The van der Waals surface area contributed by atoms with Crippen LogP contribution in [0.5, 0.6) is 0 Å². The second-order valence-electron chi connectivity index (χ2n) is 3.56. The summed E-state index contributed by atoms with van der Waals surface area (Å²) in [5.41, 5.74) is 0. The number of hydrogen-bond donors (Lipinski definition) is 1. The first-order chi connectivity index (χ1) is 7.38. The monoisotopic (exact) mass is 227 g/mol. The normalized spacial score (nSPS) is 10.8. The minimum absolute atomic E-state index is 0.890. The molecule has 1 aromatic heterocycles.